The third kappa shape index (κ3) is 4.60. The fourth-order valence-corrected chi connectivity index (χ4v) is 4.03. The SMILES string of the molecule is CCN1CCCC(NCc2cc(OC)ccc2OC)C1c1cccc(F)c1. The number of nitrogens with one attached hydrogen (secondary N) is 1. The van der Waals surface area contributed by atoms with Gasteiger partial charge in [-0.15, -0.1) is 0 Å². The summed E-state index contributed by atoms with van der Waals surface area (Å²) in [5.41, 5.74) is 2.09. The molecule has 0 saturated carbocycles. The number of benzene rings is 2. The molecule has 2 aromatic carbocycles. The van der Waals surface area contributed by atoms with E-state index in [1.54, 1.807) is 26.4 Å². The van der Waals surface area contributed by atoms with E-state index >= 15 is 0 Å². The van der Waals surface area contributed by atoms with E-state index in [2.05, 4.69) is 17.1 Å². The summed E-state index contributed by atoms with van der Waals surface area (Å²) in [7, 11) is 3.35. The monoisotopic (exact) mass is 372 g/mol. The number of likely N-dealkylation sites (tertiary alicyclic amines) is 1. The predicted molar refractivity (Wildman–Crippen MR) is 106 cm³/mol. The molecule has 146 valence electrons. The molecule has 27 heavy (non-hydrogen) atoms. The van der Waals surface area contributed by atoms with Crippen molar-refractivity contribution in [2.24, 2.45) is 0 Å². The first-order chi connectivity index (χ1) is 13.2. The van der Waals surface area contributed by atoms with Gasteiger partial charge < -0.3 is 14.8 Å². The maximum absolute atomic E-state index is 13.8. The van der Waals surface area contributed by atoms with E-state index in [9.17, 15) is 4.39 Å². The van der Waals surface area contributed by atoms with Gasteiger partial charge in [-0.25, -0.2) is 4.39 Å². The Hall–Kier alpha value is -2.11. The van der Waals surface area contributed by atoms with Gasteiger partial charge in [0.25, 0.3) is 0 Å². The van der Waals surface area contributed by atoms with Crippen molar-refractivity contribution in [1.82, 2.24) is 10.2 Å². The van der Waals surface area contributed by atoms with Crippen molar-refractivity contribution in [3.8, 4) is 11.5 Å². The Morgan fingerprint density at radius 1 is 1.15 bits per heavy atom. The number of halogens is 1. The average Bonchev–Trinajstić information content (AvgIpc) is 2.71. The van der Waals surface area contributed by atoms with E-state index in [1.165, 1.54) is 6.07 Å². The van der Waals surface area contributed by atoms with Gasteiger partial charge in [-0.1, -0.05) is 19.1 Å². The average molecular weight is 372 g/mol. The van der Waals surface area contributed by atoms with Gasteiger partial charge in [-0.3, -0.25) is 4.90 Å². The summed E-state index contributed by atoms with van der Waals surface area (Å²) in [6.45, 7) is 4.83. The first-order valence-corrected chi connectivity index (χ1v) is 9.60. The van der Waals surface area contributed by atoms with Crippen molar-refractivity contribution in [1.29, 1.82) is 0 Å². The number of ether oxygens (including phenoxy) is 2. The number of nitrogens with zero attached hydrogens (tertiary/aromatic N) is 1. The Morgan fingerprint density at radius 3 is 2.70 bits per heavy atom. The molecule has 1 aliphatic rings. The summed E-state index contributed by atoms with van der Waals surface area (Å²) in [6.07, 6.45) is 2.19. The summed E-state index contributed by atoms with van der Waals surface area (Å²) < 4.78 is 24.7. The molecule has 0 bridgehead atoms. The Kier molecular flexibility index (Phi) is 6.69. The second kappa shape index (κ2) is 9.20. The molecular weight excluding hydrogens is 343 g/mol. The number of rotatable bonds is 7. The molecule has 2 aromatic rings. The molecule has 0 aliphatic carbocycles. The molecule has 2 atom stereocenters. The lowest BCUT2D eigenvalue weighted by atomic mass is 9.90. The van der Waals surface area contributed by atoms with Crippen LogP contribution in [0.1, 0.15) is 36.9 Å². The lowest BCUT2D eigenvalue weighted by Crippen LogP contribution is -2.48. The number of piperidine rings is 1. The van der Waals surface area contributed by atoms with E-state index in [0.29, 0.717) is 6.54 Å². The zero-order chi connectivity index (χ0) is 19.2. The first kappa shape index (κ1) is 19.6. The van der Waals surface area contributed by atoms with Crippen LogP contribution in [-0.2, 0) is 6.54 Å². The molecule has 1 saturated heterocycles. The molecule has 1 aliphatic heterocycles. The van der Waals surface area contributed by atoms with E-state index in [1.807, 2.05) is 24.3 Å². The minimum absolute atomic E-state index is 0.163. The van der Waals surface area contributed by atoms with Crippen LogP contribution in [0, 0.1) is 5.82 Å². The highest BCUT2D eigenvalue weighted by molar-refractivity contribution is 5.40. The van der Waals surface area contributed by atoms with Crippen LogP contribution in [0.15, 0.2) is 42.5 Å². The molecule has 5 heteroatoms. The molecule has 1 heterocycles. The molecule has 0 aromatic heterocycles. The third-order valence-electron chi connectivity index (χ3n) is 5.37. The Bertz CT molecular complexity index is 753. The Morgan fingerprint density at radius 2 is 2.00 bits per heavy atom. The zero-order valence-electron chi connectivity index (χ0n) is 16.4. The van der Waals surface area contributed by atoms with Crippen LogP contribution in [-0.4, -0.2) is 38.3 Å². The van der Waals surface area contributed by atoms with Crippen molar-refractivity contribution >= 4 is 0 Å². The standard InChI is InChI=1S/C22H29FN2O2/c1-4-25-12-6-9-20(22(25)16-7-5-8-18(23)13-16)24-15-17-14-19(26-2)10-11-21(17)27-3/h5,7-8,10-11,13-14,20,22,24H,4,6,9,12,15H2,1-3H3. The van der Waals surface area contributed by atoms with Crippen LogP contribution in [0.3, 0.4) is 0 Å². The van der Waals surface area contributed by atoms with Crippen LogP contribution in [0.5, 0.6) is 11.5 Å². The Labute approximate surface area is 161 Å². The molecule has 1 fully saturated rings. The van der Waals surface area contributed by atoms with Crippen LogP contribution in [0.2, 0.25) is 0 Å². The highest BCUT2D eigenvalue weighted by Gasteiger charge is 2.31. The van der Waals surface area contributed by atoms with Crippen molar-refractivity contribution in [2.75, 3.05) is 27.3 Å². The third-order valence-corrected chi connectivity index (χ3v) is 5.37. The minimum atomic E-state index is -0.178. The van der Waals surface area contributed by atoms with Crippen molar-refractivity contribution in [2.45, 2.75) is 38.4 Å². The predicted octanol–water partition coefficient (Wildman–Crippen LogP) is 4.16. The van der Waals surface area contributed by atoms with Gasteiger partial charge in [-0.05, 0) is 61.8 Å². The maximum atomic E-state index is 13.8. The summed E-state index contributed by atoms with van der Waals surface area (Å²) in [6, 6.07) is 13.2. The summed E-state index contributed by atoms with van der Waals surface area (Å²) in [5, 5.41) is 3.70. The molecular formula is C22H29FN2O2. The molecule has 1 N–H and O–H groups in total. The summed E-state index contributed by atoms with van der Waals surface area (Å²) in [4.78, 5) is 2.43. The molecule has 3 rings (SSSR count). The maximum Gasteiger partial charge on any atom is 0.123 e. The van der Waals surface area contributed by atoms with Crippen LogP contribution >= 0.6 is 0 Å². The minimum Gasteiger partial charge on any atom is -0.497 e. The number of methoxy groups -OCH3 is 2. The van der Waals surface area contributed by atoms with Crippen molar-refractivity contribution in [3.05, 3.63) is 59.4 Å². The highest BCUT2D eigenvalue weighted by Crippen LogP contribution is 2.32. The molecule has 0 amide bonds. The number of hydrogen-bond acceptors (Lipinski definition) is 4. The molecule has 4 nitrogen and oxygen atoms in total. The molecule has 2 unspecified atom stereocenters. The largest absolute Gasteiger partial charge is 0.497 e. The van der Waals surface area contributed by atoms with Gasteiger partial charge in [0.15, 0.2) is 0 Å². The van der Waals surface area contributed by atoms with Crippen LogP contribution in [0.25, 0.3) is 0 Å². The number of likely N-dealkylation sites (N-methyl/N-ethyl adjacent to an activating group) is 1. The van der Waals surface area contributed by atoms with Crippen molar-refractivity contribution in [3.63, 3.8) is 0 Å². The summed E-state index contributed by atoms with van der Waals surface area (Å²) in [5.74, 6) is 1.48. The van der Waals surface area contributed by atoms with E-state index in [0.717, 1.165) is 48.6 Å². The Balaban J connectivity index is 1.81. The van der Waals surface area contributed by atoms with Crippen molar-refractivity contribution < 1.29 is 13.9 Å². The summed E-state index contributed by atoms with van der Waals surface area (Å²) >= 11 is 0. The zero-order valence-corrected chi connectivity index (χ0v) is 16.4. The van der Waals surface area contributed by atoms with Gasteiger partial charge in [0.2, 0.25) is 0 Å². The fraction of sp³-hybridized carbons (Fsp3) is 0.455. The van der Waals surface area contributed by atoms with Crippen LogP contribution in [0.4, 0.5) is 4.39 Å². The van der Waals surface area contributed by atoms with Gasteiger partial charge in [0.1, 0.15) is 17.3 Å². The highest BCUT2D eigenvalue weighted by atomic mass is 19.1. The molecule has 0 spiro atoms. The lowest BCUT2D eigenvalue weighted by molar-refractivity contribution is 0.117. The second-order valence-corrected chi connectivity index (χ2v) is 6.94. The normalized spacial score (nSPS) is 20.4. The lowest BCUT2D eigenvalue weighted by Gasteiger charge is -2.41. The van der Waals surface area contributed by atoms with Crippen LogP contribution < -0.4 is 14.8 Å². The van der Waals surface area contributed by atoms with Gasteiger partial charge >= 0.3 is 0 Å². The van der Waals surface area contributed by atoms with E-state index < -0.39 is 0 Å². The quantitative estimate of drug-likeness (QED) is 0.791. The second-order valence-electron chi connectivity index (χ2n) is 6.94. The number of hydrogen-bond donors (Lipinski definition) is 1. The topological polar surface area (TPSA) is 33.7 Å². The van der Waals surface area contributed by atoms with Gasteiger partial charge in [0, 0.05) is 18.2 Å². The van der Waals surface area contributed by atoms with E-state index in [4.69, 9.17) is 9.47 Å². The van der Waals surface area contributed by atoms with Gasteiger partial charge in [0.05, 0.1) is 20.3 Å². The molecule has 0 radical (unpaired) electrons. The van der Waals surface area contributed by atoms with E-state index in [-0.39, 0.29) is 17.9 Å². The first-order valence-electron chi connectivity index (χ1n) is 9.60. The smallest absolute Gasteiger partial charge is 0.123 e. The fourth-order valence-electron chi connectivity index (χ4n) is 4.03. The van der Waals surface area contributed by atoms with Gasteiger partial charge in [-0.2, -0.15) is 0 Å².